The zero-order valence-electron chi connectivity index (χ0n) is 17.0. The fraction of sp³-hybridized carbons (Fsp3) is 0.240. The van der Waals surface area contributed by atoms with Crippen LogP contribution in [0, 0.1) is 0 Å². The Labute approximate surface area is 180 Å². The van der Waals surface area contributed by atoms with Gasteiger partial charge < -0.3 is 4.80 Å². The topological polar surface area (TPSA) is 32.6 Å². The quantitative estimate of drug-likeness (QED) is 0.307. The van der Waals surface area contributed by atoms with Crippen molar-refractivity contribution in [2.75, 3.05) is 0 Å². The fourth-order valence-corrected chi connectivity index (χ4v) is 7.97. The first-order valence-corrected chi connectivity index (χ1v) is 12.3. The van der Waals surface area contributed by atoms with E-state index in [1.54, 1.807) is 0 Å². The first-order valence-electron chi connectivity index (χ1n) is 9.98. The summed E-state index contributed by atoms with van der Waals surface area (Å²) < 4.78 is 0. The third-order valence-corrected chi connectivity index (χ3v) is 10.4. The first kappa shape index (κ1) is 21.3. The molecule has 3 rings (SSSR count). The summed E-state index contributed by atoms with van der Waals surface area (Å²) in [6.45, 7) is 4.42. The number of hydrogen-bond acceptors (Lipinski definition) is 3. The molecule has 3 aromatic rings. The van der Waals surface area contributed by atoms with Crippen molar-refractivity contribution in [3.8, 4) is 0 Å². The van der Waals surface area contributed by atoms with Crippen LogP contribution in [-0.2, 0) is 6.42 Å². The molecular weight excluding hydrogens is 390 g/mol. The van der Waals surface area contributed by atoms with Gasteiger partial charge in [-0.1, -0.05) is 92.7 Å². The van der Waals surface area contributed by atoms with Crippen LogP contribution >= 0.6 is 12.2 Å². The molecule has 0 saturated carbocycles. The van der Waals surface area contributed by atoms with Crippen molar-refractivity contribution in [2.24, 2.45) is 4.99 Å². The Hall–Kier alpha value is -2.36. The second-order valence-corrected chi connectivity index (χ2v) is 12.1. The van der Waals surface area contributed by atoms with Gasteiger partial charge in [0.15, 0.2) is 0 Å². The molecule has 0 fully saturated rings. The van der Waals surface area contributed by atoms with E-state index in [0.29, 0.717) is 0 Å². The molecule has 3 aromatic carbocycles. The SMILES string of the molecule is CC(C)(CCCc1ccccc1N=C=S)[Si](O)(c1ccccc1)c1ccccc1. The number of hydrogen-bond donors (Lipinski definition) is 1. The van der Waals surface area contributed by atoms with Crippen molar-refractivity contribution in [2.45, 2.75) is 38.1 Å². The molecule has 0 heterocycles. The molecule has 0 radical (unpaired) electrons. The lowest BCUT2D eigenvalue weighted by atomic mass is 10.0. The van der Waals surface area contributed by atoms with Gasteiger partial charge in [-0.15, -0.1) is 0 Å². The Morgan fingerprint density at radius 3 is 1.93 bits per heavy atom. The first-order chi connectivity index (χ1) is 14.0. The summed E-state index contributed by atoms with van der Waals surface area (Å²) in [5.41, 5.74) is 2.06. The van der Waals surface area contributed by atoms with Gasteiger partial charge >= 0.3 is 0 Å². The van der Waals surface area contributed by atoms with E-state index in [4.69, 9.17) is 12.2 Å². The number of aliphatic imine (C=N–C) groups is 1. The van der Waals surface area contributed by atoms with Crippen LogP contribution in [0.3, 0.4) is 0 Å². The summed E-state index contributed by atoms with van der Waals surface area (Å²) in [4.78, 5) is 16.4. The predicted octanol–water partition coefficient (Wildman–Crippen LogP) is 5.28. The standard InChI is InChI=1S/C25H27NOSSi/c1-25(2,19-11-13-21-12-9-10-18-24(21)26-20-28)29(27,22-14-5-3-6-15-22)23-16-7-4-8-17-23/h3-10,12,14-18,27H,11,13,19H2,1-2H3. The number of nitrogens with zero attached hydrogens (tertiary/aromatic N) is 1. The molecule has 0 bridgehead atoms. The molecule has 0 aliphatic rings. The van der Waals surface area contributed by atoms with Crippen molar-refractivity contribution >= 4 is 41.8 Å². The molecule has 0 atom stereocenters. The molecule has 0 saturated heterocycles. The molecule has 0 spiro atoms. The molecule has 0 amide bonds. The highest BCUT2D eigenvalue weighted by molar-refractivity contribution is 7.78. The van der Waals surface area contributed by atoms with E-state index < -0.39 is 8.32 Å². The van der Waals surface area contributed by atoms with Crippen molar-refractivity contribution in [3.63, 3.8) is 0 Å². The fourth-order valence-electron chi connectivity index (χ4n) is 4.09. The Morgan fingerprint density at radius 2 is 1.38 bits per heavy atom. The summed E-state index contributed by atoms with van der Waals surface area (Å²) >= 11 is 4.78. The van der Waals surface area contributed by atoms with E-state index in [1.165, 1.54) is 5.56 Å². The van der Waals surface area contributed by atoms with Gasteiger partial charge in [0.05, 0.1) is 10.8 Å². The van der Waals surface area contributed by atoms with Crippen LogP contribution in [0.25, 0.3) is 0 Å². The van der Waals surface area contributed by atoms with E-state index in [9.17, 15) is 4.80 Å². The normalized spacial score (nSPS) is 11.7. The van der Waals surface area contributed by atoms with Crippen LogP contribution < -0.4 is 10.4 Å². The van der Waals surface area contributed by atoms with Crippen molar-refractivity contribution in [3.05, 3.63) is 90.5 Å². The summed E-state index contributed by atoms with van der Waals surface area (Å²) in [6.07, 6.45) is 2.77. The Bertz CT molecular complexity index is 942. The second kappa shape index (κ2) is 9.42. The summed E-state index contributed by atoms with van der Waals surface area (Å²) in [5, 5.41) is 4.35. The lowest BCUT2D eigenvalue weighted by Crippen LogP contribution is -2.65. The van der Waals surface area contributed by atoms with Crippen LogP contribution in [0.15, 0.2) is 89.9 Å². The van der Waals surface area contributed by atoms with Crippen LogP contribution in [0.2, 0.25) is 5.04 Å². The third-order valence-electron chi connectivity index (χ3n) is 5.77. The van der Waals surface area contributed by atoms with E-state index in [-0.39, 0.29) is 5.04 Å². The number of benzene rings is 3. The van der Waals surface area contributed by atoms with Gasteiger partial charge in [0.2, 0.25) is 0 Å². The van der Waals surface area contributed by atoms with Crippen LogP contribution in [0.1, 0.15) is 32.3 Å². The number of aryl methyl sites for hydroxylation is 1. The molecular formula is C25H27NOSSi. The zero-order chi connectivity index (χ0) is 20.7. The molecule has 1 N–H and O–H groups in total. The van der Waals surface area contributed by atoms with Gasteiger partial charge in [0.25, 0.3) is 8.32 Å². The van der Waals surface area contributed by atoms with E-state index in [0.717, 1.165) is 35.3 Å². The molecule has 4 heteroatoms. The van der Waals surface area contributed by atoms with E-state index in [1.807, 2.05) is 54.6 Å². The minimum atomic E-state index is -2.95. The van der Waals surface area contributed by atoms with Gasteiger partial charge in [0, 0.05) is 0 Å². The minimum Gasteiger partial charge on any atom is -0.424 e. The Kier molecular flexibility index (Phi) is 6.94. The van der Waals surface area contributed by atoms with Gasteiger partial charge in [-0.05, 0) is 58.5 Å². The van der Waals surface area contributed by atoms with Crippen LogP contribution in [0.5, 0.6) is 0 Å². The highest BCUT2D eigenvalue weighted by Gasteiger charge is 2.49. The molecule has 148 valence electrons. The molecule has 0 aliphatic heterocycles. The minimum absolute atomic E-state index is 0.238. The maximum atomic E-state index is 12.2. The van der Waals surface area contributed by atoms with Crippen molar-refractivity contribution in [1.82, 2.24) is 0 Å². The molecule has 2 nitrogen and oxygen atoms in total. The summed E-state index contributed by atoms with van der Waals surface area (Å²) in [7, 11) is -2.95. The van der Waals surface area contributed by atoms with Crippen LogP contribution in [0.4, 0.5) is 5.69 Å². The smallest absolute Gasteiger partial charge is 0.258 e. The zero-order valence-corrected chi connectivity index (χ0v) is 18.8. The van der Waals surface area contributed by atoms with Gasteiger partial charge in [-0.25, -0.2) is 0 Å². The highest BCUT2D eigenvalue weighted by atomic mass is 32.1. The number of rotatable bonds is 8. The highest BCUT2D eigenvalue weighted by Crippen LogP contribution is 2.40. The molecule has 0 aliphatic carbocycles. The number of thiocarbonyl (C=S) groups is 1. The predicted molar refractivity (Wildman–Crippen MR) is 128 cm³/mol. The molecule has 29 heavy (non-hydrogen) atoms. The average Bonchev–Trinajstić information content (AvgIpc) is 2.75. The van der Waals surface area contributed by atoms with Gasteiger partial charge in [0.1, 0.15) is 0 Å². The van der Waals surface area contributed by atoms with Crippen LogP contribution in [-0.4, -0.2) is 18.3 Å². The van der Waals surface area contributed by atoms with E-state index >= 15 is 0 Å². The average molecular weight is 418 g/mol. The number of isothiocyanates is 1. The lowest BCUT2D eigenvalue weighted by molar-refractivity contribution is 0.457. The van der Waals surface area contributed by atoms with Crippen molar-refractivity contribution in [1.29, 1.82) is 0 Å². The Balaban J connectivity index is 1.87. The largest absolute Gasteiger partial charge is 0.424 e. The lowest BCUT2D eigenvalue weighted by Gasteiger charge is -2.41. The maximum absolute atomic E-state index is 12.2. The maximum Gasteiger partial charge on any atom is 0.258 e. The molecule has 0 aromatic heterocycles. The Morgan fingerprint density at radius 1 is 0.862 bits per heavy atom. The monoisotopic (exact) mass is 417 g/mol. The van der Waals surface area contributed by atoms with Crippen molar-refractivity contribution < 1.29 is 4.80 Å². The third kappa shape index (κ3) is 4.63. The van der Waals surface area contributed by atoms with E-state index in [2.05, 4.69) is 54.3 Å². The van der Waals surface area contributed by atoms with Gasteiger partial charge in [-0.3, -0.25) is 0 Å². The molecule has 0 unspecified atom stereocenters. The second-order valence-electron chi connectivity index (χ2n) is 8.01. The summed E-state index contributed by atoms with van der Waals surface area (Å²) in [6, 6.07) is 28.4. The van der Waals surface area contributed by atoms with Gasteiger partial charge in [-0.2, -0.15) is 4.99 Å². The summed E-state index contributed by atoms with van der Waals surface area (Å²) in [5.74, 6) is 0. The number of para-hydroxylation sites is 1.